The zero-order valence-corrected chi connectivity index (χ0v) is 16.3. The van der Waals surface area contributed by atoms with Crippen molar-refractivity contribution in [3.8, 4) is 11.6 Å². The molecule has 0 radical (unpaired) electrons. The van der Waals surface area contributed by atoms with Crippen LogP contribution >= 0.6 is 0 Å². The van der Waals surface area contributed by atoms with Gasteiger partial charge in [-0.25, -0.2) is 4.39 Å². The molecule has 1 saturated heterocycles. The van der Waals surface area contributed by atoms with E-state index in [1.807, 2.05) is 0 Å². The Kier molecular flexibility index (Phi) is 5.87. The average molecular weight is 412 g/mol. The molecule has 1 aliphatic rings. The highest BCUT2D eigenvalue weighted by Gasteiger charge is 2.24. The third kappa shape index (κ3) is 4.40. The molecule has 156 valence electrons. The number of nitrogens with zero attached hydrogens (tertiary/aromatic N) is 4. The van der Waals surface area contributed by atoms with E-state index in [1.54, 1.807) is 34.1 Å². The van der Waals surface area contributed by atoms with E-state index >= 15 is 0 Å². The van der Waals surface area contributed by atoms with Crippen LogP contribution in [0.25, 0.3) is 11.6 Å². The van der Waals surface area contributed by atoms with E-state index in [1.165, 1.54) is 18.4 Å². The van der Waals surface area contributed by atoms with Gasteiger partial charge in [0, 0.05) is 39.0 Å². The number of amides is 2. The minimum absolute atomic E-state index is 0.0482. The number of carbonyl (C=O) groups excluding carboxylic acids is 2. The molecule has 2 amide bonds. The molecule has 0 spiro atoms. The van der Waals surface area contributed by atoms with Crippen LogP contribution in [0.5, 0.6) is 0 Å². The minimum atomic E-state index is -0.534. The Morgan fingerprint density at radius 2 is 1.83 bits per heavy atom. The first-order valence-electron chi connectivity index (χ1n) is 9.80. The number of aromatic nitrogens is 2. The number of benzene rings is 1. The molecule has 0 N–H and O–H groups in total. The number of carbonyl (C=O) groups is 2. The van der Waals surface area contributed by atoms with Gasteiger partial charge in [-0.1, -0.05) is 17.3 Å². The lowest BCUT2D eigenvalue weighted by Gasteiger charge is -2.22. The maximum Gasteiger partial charge on any atom is 0.256 e. The van der Waals surface area contributed by atoms with Crippen LogP contribution in [0, 0.1) is 5.82 Å². The standard InChI is InChI=1S/C21H21FN4O4/c22-16-6-2-1-5-15(16)21(28)26-11-4-10-25(12-13-26)19(27)9-8-18-23-20(24-30-18)17-7-3-14-29-17/h1-3,5-7,14H,4,8-13H2. The molecule has 0 atom stereocenters. The van der Waals surface area contributed by atoms with Crippen LogP contribution in [-0.2, 0) is 11.2 Å². The van der Waals surface area contributed by atoms with Crippen LogP contribution in [0.2, 0.25) is 0 Å². The van der Waals surface area contributed by atoms with Gasteiger partial charge in [0.15, 0.2) is 5.76 Å². The van der Waals surface area contributed by atoms with Crippen LogP contribution in [0.4, 0.5) is 4.39 Å². The first-order chi connectivity index (χ1) is 14.6. The first-order valence-corrected chi connectivity index (χ1v) is 9.80. The van der Waals surface area contributed by atoms with Gasteiger partial charge in [0.1, 0.15) is 5.82 Å². The molecule has 0 unspecified atom stereocenters. The van der Waals surface area contributed by atoms with Crippen LogP contribution in [-0.4, -0.2) is 57.9 Å². The molecule has 0 aliphatic carbocycles. The van der Waals surface area contributed by atoms with E-state index in [9.17, 15) is 14.0 Å². The zero-order valence-electron chi connectivity index (χ0n) is 16.3. The first kappa shape index (κ1) is 19.8. The third-order valence-electron chi connectivity index (χ3n) is 5.00. The number of aryl methyl sites for hydroxylation is 1. The molecule has 3 aromatic rings. The van der Waals surface area contributed by atoms with Gasteiger partial charge >= 0.3 is 0 Å². The lowest BCUT2D eigenvalue weighted by molar-refractivity contribution is -0.131. The van der Waals surface area contributed by atoms with Crippen LogP contribution in [0.3, 0.4) is 0 Å². The molecule has 9 heteroatoms. The molecule has 0 bridgehead atoms. The predicted molar refractivity (Wildman–Crippen MR) is 104 cm³/mol. The van der Waals surface area contributed by atoms with Gasteiger partial charge in [0.05, 0.1) is 11.8 Å². The van der Waals surface area contributed by atoms with E-state index in [0.29, 0.717) is 56.5 Å². The number of hydrogen-bond acceptors (Lipinski definition) is 6. The summed E-state index contributed by atoms with van der Waals surface area (Å²) in [5.41, 5.74) is 0.0565. The molecule has 3 heterocycles. The fourth-order valence-corrected chi connectivity index (χ4v) is 3.41. The second-order valence-corrected chi connectivity index (χ2v) is 7.00. The summed E-state index contributed by atoms with van der Waals surface area (Å²) in [5.74, 6) is 0.281. The molecular weight excluding hydrogens is 391 g/mol. The molecule has 1 fully saturated rings. The van der Waals surface area contributed by atoms with Gasteiger partial charge < -0.3 is 18.7 Å². The molecule has 0 saturated carbocycles. The normalized spacial score (nSPS) is 14.6. The molecule has 1 aromatic carbocycles. The SMILES string of the molecule is O=C(CCc1nc(-c2ccco2)no1)N1CCCN(C(=O)c2ccccc2F)CC1. The summed E-state index contributed by atoms with van der Waals surface area (Å²) in [6.07, 6.45) is 2.70. The summed E-state index contributed by atoms with van der Waals surface area (Å²) in [4.78, 5) is 32.8. The molecule has 2 aromatic heterocycles. The van der Waals surface area contributed by atoms with Crippen molar-refractivity contribution in [2.75, 3.05) is 26.2 Å². The van der Waals surface area contributed by atoms with E-state index in [4.69, 9.17) is 8.94 Å². The van der Waals surface area contributed by atoms with Gasteiger partial charge in [0.25, 0.3) is 5.91 Å². The summed E-state index contributed by atoms with van der Waals surface area (Å²) in [6.45, 7) is 1.79. The Bertz CT molecular complexity index is 1020. The number of rotatable bonds is 5. The van der Waals surface area contributed by atoms with Gasteiger partial charge in [-0.15, -0.1) is 0 Å². The lowest BCUT2D eigenvalue weighted by Crippen LogP contribution is -2.37. The minimum Gasteiger partial charge on any atom is -0.461 e. The Morgan fingerprint density at radius 1 is 1.03 bits per heavy atom. The molecule has 8 nitrogen and oxygen atoms in total. The third-order valence-corrected chi connectivity index (χ3v) is 5.00. The van der Waals surface area contributed by atoms with Crippen molar-refractivity contribution in [3.05, 3.63) is 59.9 Å². The summed E-state index contributed by atoms with van der Waals surface area (Å²) in [6, 6.07) is 9.40. The number of furan rings is 1. The summed E-state index contributed by atoms with van der Waals surface area (Å²) in [7, 11) is 0. The van der Waals surface area contributed by atoms with Crippen molar-refractivity contribution in [1.82, 2.24) is 19.9 Å². The van der Waals surface area contributed by atoms with Crippen LogP contribution in [0.1, 0.15) is 29.1 Å². The van der Waals surface area contributed by atoms with Crippen LogP contribution in [0.15, 0.2) is 51.6 Å². The average Bonchev–Trinajstić information content (AvgIpc) is 3.39. The van der Waals surface area contributed by atoms with Gasteiger partial charge in [-0.05, 0) is 30.7 Å². The van der Waals surface area contributed by atoms with Crippen molar-refractivity contribution in [2.45, 2.75) is 19.3 Å². The Morgan fingerprint density at radius 3 is 2.63 bits per heavy atom. The van der Waals surface area contributed by atoms with Crippen LogP contribution < -0.4 is 0 Å². The number of halogens is 1. The van der Waals surface area contributed by atoms with E-state index in [-0.39, 0.29) is 23.8 Å². The van der Waals surface area contributed by atoms with Crippen molar-refractivity contribution < 1.29 is 22.9 Å². The maximum atomic E-state index is 13.9. The van der Waals surface area contributed by atoms with E-state index in [2.05, 4.69) is 10.1 Å². The fourth-order valence-electron chi connectivity index (χ4n) is 3.41. The highest BCUT2D eigenvalue weighted by atomic mass is 19.1. The quantitative estimate of drug-likeness (QED) is 0.640. The number of hydrogen-bond donors (Lipinski definition) is 0. The van der Waals surface area contributed by atoms with Crippen molar-refractivity contribution in [1.29, 1.82) is 0 Å². The van der Waals surface area contributed by atoms with E-state index < -0.39 is 5.82 Å². The highest BCUT2D eigenvalue weighted by Crippen LogP contribution is 2.17. The zero-order chi connectivity index (χ0) is 20.9. The smallest absolute Gasteiger partial charge is 0.256 e. The van der Waals surface area contributed by atoms with Crippen molar-refractivity contribution >= 4 is 11.8 Å². The summed E-state index contributed by atoms with van der Waals surface area (Å²) < 4.78 is 24.3. The Balaban J connectivity index is 1.30. The topological polar surface area (TPSA) is 92.7 Å². The monoisotopic (exact) mass is 412 g/mol. The van der Waals surface area contributed by atoms with Gasteiger partial charge in [-0.2, -0.15) is 4.98 Å². The second kappa shape index (κ2) is 8.89. The van der Waals surface area contributed by atoms with E-state index in [0.717, 1.165) is 0 Å². The molecule has 1 aliphatic heterocycles. The van der Waals surface area contributed by atoms with Gasteiger partial charge in [0.2, 0.25) is 17.6 Å². The molecule has 4 rings (SSSR count). The molecule has 30 heavy (non-hydrogen) atoms. The Hall–Kier alpha value is -3.49. The largest absolute Gasteiger partial charge is 0.461 e. The molecular formula is C21H21FN4O4. The predicted octanol–water partition coefficient (Wildman–Crippen LogP) is 2.78. The maximum absolute atomic E-state index is 13.9. The lowest BCUT2D eigenvalue weighted by atomic mass is 10.2. The van der Waals surface area contributed by atoms with Gasteiger partial charge in [-0.3, -0.25) is 9.59 Å². The van der Waals surface area contributed by atoms with Crippen molar-refractivity contribution in [3.63, 3.8) is 0 Å². The summed E-state index contributed by atoms with van der Waals surface area (Å²) in [5, 5.41) is 3.85. The second-order valence-electron chi connectivity index (χ2n) is 7.00. The highest BCUT2D eigenvalue weighted by molar-refractivity contribution is 5.94. The van der Waals surface area contributed by atoms with Crippen molar-refractivity contribution in [2.24, 2.45) is 0 Å². The fraction of sp³-hybridized carbons (Fsp3) is 0.333. The Labute approximate surface area is 172 Å². The summed E-state index contributed by atoms with van der Waals surface area (Å²) >= 11 is 0.